The fourth-order valence-corrected chi connectivity index (χ4v) is 9.67. The molecule has 178 valence electrons. The topological polar surface area (TPSA) is 20.2 Å². The number of aliphatic hydroxyl groups is 1. The Morgan fingerprint density at radius 3 is 2.32 bits per heavy atom. The Balaban J connectivity index is 1.55. The lowest BCUT2D eigenvalue weighted by Crippen LogP contribution is -2.55. The largest absolute Gasteiger partial charge is 0.393 e. The van der Waals surface area contributed by atoms with Crippen LogP contribution >= 0.6 is 0 Å². The van der Waals surface area contributed by atoms with Crippen molar-refractivity contribution < 1.29 is 5.11 Å². The monoisotopic (exact) mass is 428 g/mol. The van der Waals surface area contributed by atoms with E-state index in [9.17, 15) is 5.11 Å². The summed E-state index contributed by atoms with van der Waals surface area (Å²) in [6, 6.07) is 0. The van der Waals surface area contributed by atoms with Crippen molar-refractivity contribution in [1.82, 2.24) is 0 Å². The van der Waals surface area contributed by atoms with Crippen LogP contribution in [0.25, 0.3) is 0 Å². The van der Waals surface area contributed by atoms with E-state index in [0.717, 1.165) is 47.8 Å². The Bertz CT molecular complexity index is 691. The predicted molar refractivity (Wildman–Crippen MR) is 133 cm³/mol. The van der Waals surface area contributed by atoms with Gasteiger partial charge in [0.2, 0.25) is 0 Å². The molecule has 1 heteroatoms. The lowest BCUT2D eigenvalue weighted by atomic mass is 9.43. The molecule has 2 unspecified atom stereocenters. The fourth-order valence-electron chi connectivity index (χ4n) is 9.67. The van der Waals surface area contributed by atoms with Crippen molar-refractivity contribution in [3.8, 4) is 0 Å². The van der Waals surface area contributed by atoms with Crippen LogP contribution in [0.15, 0.2) is 11.1 Å². The van der Waals surface area contributed by atoms with E-state index in [2.05, 4.69) is 55.4 Å². The summed E-state index contributed by atoms with van der Waals surface area (Å²) >= 11 is 0. The van der Waals surface area contributed by atoms with Gasteiger partial charge in [0.15, 0.2) is 0 Å². The molecule has 4 saturated carbocycles. The minimum Gasteiger partial charge on any atom is -0.393 e. The predicted octanol–water partition coefficient (Wildman–Crippen LogP) is 8.27. The maximum Gasteiger partial charge on any atom is 0.0568 e. The summed E-state index contributed by atoms with van der Waals surface area (Å²) in [7, 11) is 0. The summed E-state index contributed by atoms with van der Waals surface area (Å²) in [4.78, 5) is 0. The number of allylic oxidation sites excluding steroid dienone is 2. The summed E-state index contributed by atoms with van der Waals surface area (Å²) in [5.74, 6) is 6.36. The molecule has 31 heavy (non-hydrogen) atoms. The molecule has 4 rings (SSSR count). The van der Waals surface area contributed by atoms with Gasteiger partial charge in [-0.2, -0.15) is 0 Å². The number of rotatable bonds is 4. The molecule has 10 atom stereocenters. The number of hydrogen-bond acceptors (Lipinski definition) is 1. The second kappa shape index (κ2) is 8.48. The van der Waals surface area contributed by atoms with Crippen molar-refractivity contribution in [3.05, 3.63) is 11.1 Å². The molecule has 0 heterocycles. The van der Waals surface area contributed by atoms with Crippen molar-refractivity contribution in [2.24, 2.45) is 58.2 Å². The van der Waals surface area contributed by atoms with Gasteiger partial charge in [-0.3, -0.25) is 0 Å². The first-order valence-electron chi connectivity index (χ1n) is 13.9. The Hall–Kier alpha value is -0.300. The van der Waals surface area contributed by atoms with Gasteiger partial charge in [0.05, 0.1) is 6.10 Å². The SMILES string of the molecule is C/C(CC(C)C(C)C(C)C)=C1/CC[C@H]2[C@@H]3CC[C@H]4[C@H](C)[C@@H](O)CC[C@]4(C)[C@H]3CC[C@]12C. The number of hydrogen-bond donors (Lipinski definition) is 1. The third-order valence-electron chi connectivity index (χ3n) is 12.0. The molecule has 0 amide bonds. The maximum atomic E-state index is 10.6. The van der Waals surface area contributed by atoms with Gasteiger partial charge in [-0.25, -0.2) is 0 Å². The van der Waals surface area contributed by atoms with Crippen LogP contribution in [0.5, 0.6) is 0 Å². The first-order valence-corrected chi connectivity index (χ1v) is 13.9. The highest BCUT2D eigenvalue weighted by molar-refractivity contribution is 5.28. The summed E-state index contributed by atoms with van der Waals surface area (Å²) in [6.45, 7) is 19.9. The molecule has 0 aromatic heterocycles. The van der Waals surface area contributed by atoms with Gasteiger partial charge in [-0.05, 0) is 123 Å². The molecular weight excluding hydrogens is 376 g/mol. The van der Waals surface area contributed by atoms with Crippen LogP contribution < -0.4 is 0 Å². The molecule has 0 spiro atoms. The summed E-state index contributed by atoms with van der Waals surface area (Å²) in [6.07, 6.45) is 12.0. The summed E-state index contributed by atoms with van der Waals surface area (Å²) in [5, 5.41) is 10.6. The van der Waals surface area contributed by atoms with E-state index in [0.29, 0.717) is 16.7 Å². The van der Waals surface area contributed by atoms with E-state index < -0.39 is 0 Å². The minimum atomic E-state index is -0.0534. The van der Waals surface area contributed by atoms with Gasteiger partial charge < -0.3 is 5.11 Å². The molecule has 0 aliphatic heterocycles. The van der Waals surface area contributed by atoms with E-state index in [1.807, 2.05) is 5.57 Å². The third-order valence-corrected chi connectivity index (χ3v) is 12.0. The average Bonchev–Trinajstić information content (AvgIpc) is 3.07. The Morgan fingerprint density at radius 1 is 0.935 bits per heavy atom. The molecule has 4 aliphatic carbocycles. The van der Waals surface area contributed by atoms with Crippen molar-refractivity contribution in [2.75, 3.05) is 0 Å². The molecule has 1 N–H and O–H groups in total. The van der Waals surface area contributed by atoms with Crippen LogP contribution in [0, 0.1) is 58.2 Å². The minimum absolute atomic E-state index is 0.0534. The van der Waals surface area contributed by atoms with Crippen LogP contribution in [0.2, 0.25) is 0 Å². The highest BCUT2D eigenvalue weighted by Gasteiger charge is 2.60. The second-order valence-electron chi connectivity index (χ2n) is 13.6. The van der Waals surface area contributed by atoms with E-state index in [-0.39, 0.29) is 6.10 Å². The fraction of sp³-hybridized carbons (Fsp3) is 0.933. The lowest BCUT2D eigenvalue weighted by molar-refractivity contribution is -0.140. The highest BCUT2D eigenvalue weighted by Crippen LogP contribution is 2.68. The molecule has 4 aliphatic rings. The van der Waals surface area contributed by atoms with Crippen LogP contribution in [0.3, 0.4) is 0 Å². The quantitative estimate of drug-likeness (QED) is 0.447. The van der Waals surface area contributed by atoms with Crippen molar-refractivity contribution in [2.45, 2.75) is 119 Å². The van der Waals surface area contributed by atoms with Crippen LogP contribution in [0.4, 0.5) is 0 Å². The normalized spacial score (nSPS) is 48.6. The van der Waals surface area contributed by atoms with Gasteiger partial charge in [0.1, 0.15) is 0 Å². The van der Waals surface area contributed by atoms with E-state index in [1.165, 1.54) is 51.4 Å². The van der Waals surface area contributed by atoms with Crippen LogP contribution in [0.1, 0.15) is 113 Å². The standard InChI is InChI=1S/C30H52O/c1-18(2)21(5)19(3)17-20(4)24-11-12-26-23-9-10-25-22(6)28(31)14-16-30(25,8)27(23)13-15-29(24,26)7/h18-19,21-23,25-28,31H,9-17H2,1-8H3/b24-20+/t19?,21?,22-,23-,25-,26-,27-,28-,29+,30-/m0/s1. The van der Waals surface area contributed by atoms with Crippen molar-refractivity contribution in [3.63, 3.8) is 0 Å². The summed E-state index contributed by atoms with van der Waals surface area (Å²) < 4.78 is 0. The first-order chi connectivity index (χ1) is 14.5. The lowest BCUT2D eigenvalue weighted by Gasteiger charge is -2.62. The zero-order chi connectivity index (χ0) is 22.7. The zero-order valence-corrected chi connectivity index (χ0v) is 22.0. The maximum absolute atomic E-state index is 10.6. The number of aliphatic hydroxyl groups excluding tert-OH is 1. The molecule has 1 nitrogen and oxygen atoms in total. The second-order valence-corrected chi connectivity index (χ2v) is 13.6. The molecule has 0 radical (unpaired) electrons. The Kier molecular flexibility index (Phi) is 6.53. The molecular formula is C30H52O. The molecule has 0 aromatic carbocycles. The van der Waals surface area contributed by atoms with Gasteiger partial charge >= 0.3 is 0 Å². The van der Waals surface area contributed by atoms with Crippen LogP contribution in [-0.2, 0) is 0 Å². The Morgan fingerprint density at radius 2 is 1.65 bits per heavy atom. The molecule has 0 saturated heterocycles. The average molecular weight is 429 g/mol. The van der Waals surface area contributed by atoms with Crippen molar-refractivity contribution in [1.29, 1.82) is 0 Å². The smallest absolute Gasteiger partial charge is 0.0568 e. The molecule has 0 bridgehead atoms. The zero-order valence-electron chi connectivity index (χ0n) is 22.0. The third kappa shape index (κ3) is 3.77. The van der Waals surface area contributed by atoms with E-state index >= 15 is 0 Å². The van der Waals surface area contributed by atoms with Gasteiger partial charge in [-0.15, -0.1) is 0 Å². The first kappa shape index (κ1) is 23.8. The number of fused-ring (bicyclic) bond motifs is 5. The van der Waals surface area contributed by atoms with Gasteiger partial charge in [-0.1, -0.05) is 59.6 Å². The van der Waals surface area contributed by atoms with Gasteiger partial charge in [0, 0.05) is 0 Å². The highest BCUT2D eigenvalue weighted by atomic mass is 16.3. The summed E-state index contributed by atoms with van der Waals surface area (Å²) in [5.41, 5.74) is 4.57. The molecule has 0 aromatic rings. The van der Waals surface area contributed by atoms with E-state index in [4.69, 9.17) is 0 Å². The van der Waals surface area contributed by atoms with Gasteiger partial charge in [0.25, 0.3) is 0 Å². The van der Waals surface area contributed by atoms with Crippen LogP contribution in [-0.4, -0.2) is 11.2 Å². The van der Waals surface area contributed by atoms with E-state index in [1.54, 1.807) is 5.57 Å². The van der Waals surface area contributed by atoms with Crippen molar-refractivity contribution >= 4 is 0 Å². The Labute approximate surface area is 193 Å². The molecule has 4 fully saturated rings.